The van der Waals surface area contributed by atoms with E-state index < -0.39 is 5.92 Å². The summed E-state index contributed by atoms with van der Waals surface area (Å²) in [5.41, 5.74) is 2.86. The van der Waals surface area contributed by atoms with Gasteiger partial charge in [-0.15, -0.1) is 0 Å². The molecule has 1 aliphatic carbocycles. The Labute approximate surface area is 171 Å². The predicted molar refractivity (Wildman–Crippen MR) is 112 cm³/mol. The molecule has 1 aromatic carbocycles. The van der Waals surface area contributed by atoms with Gasteiger partial charge in [0, 0.05) is 10.6 Å². The van der Waals surface area contributed by atoms with Gasteiger partial charge in [-0.25, -0.2) is 4.99 Å². The number of halogens is 1. The van der Waals surface area contributed by atoms with Crippen LogP contribution in [0.5, 0.6) is 0 Å². The van der Waals surface area contributed by atoms with Crippen molar-refractivity contribution in [3.8, 4) is 0 Å². The number of carbonyl (C=O) groups excluding carboxylic acids is 2. The molecule has 0 bridgehead atoms. The molecule has 1 atom stereocenters. The third kappa shape index (κ3) is 2.78. The Hall–Kier alpha value is -3.58. The van der Waals surface area contributed by atoms with E-state index in [4.69, 9.17) is 11.6 Å². The number of hydrogen-bond donors (Lipinski definition) is 0. The van der Waals surface area contributed by atoms with Crippen LogP contribution in [0.2, 0.25) is 5.02 Å². The number of aromatic nitrogens is 2. The number of allylic oxidation sites excluding steroid dienone is 4. The highest BCUT2D eigenvalue weighted by Crippen LogP contribution is 2.32. The zero-order chi connectivity index (χ0) is 20.1. The Kier molecular flexibility index (Phi) is 3.92. The van der Waals surface area contributed by atoms with Crippen LogP contribution in [0.25, 0.3) is 6.08 Å². The van der Waals surface area contributed by atoms with Gasteiger partial charge in [-0.3, -0.25) is 9.59 Å². The fourth-order valence-corrected chi connectivity index (χ4v) is 3.55. The van der Waals surface area contributed by atoms with Gasteiger partial charge < -0.3 is 0 Å². The molecule has 2 aliphatic heterocycles. The number of carbonyl (C=O) groups is 2. The Morgan fingerprint density at radius 2 is 1.93 bits per heavy atom. The molecule has 0 radical (unpaired) electrons. The van der Waals surface area contributed by atoms with Crippen LogP contribution >= 0.6 is 11.6 Å². The lowest BCUT2D eigenvalue weighted by atomic mass is 9.96. The van der Waals surface area contributed by atoms with Crippen molar-refractivity contribution in [2.75, 3.05) is 5.01 Å². The number of anilines is 1. The van der Waals surface area contributed by atoms with E-state index in [1.54, 1.807) is 49.5 Å². The molecule has 3 aliphatic rings. The molecule has 1 unspecified atom stereocenters. The van der Waals surface area contributed by atoms with E-state index >= 15 is 0 Å². The molecule has 1 aromatic heterocycles. The van der Waals surface area contributed by atoms with Crippen LogP contribution in [-0.4, -0.2) is 33.0 Å². The average Bonchev–Trinajstić information content (AvgIpc) is 3.25. The third-order valence-electron chi connectivity index (χ3n) is 4.91. The van der Waals surface area contributed by atoms with Crippen molar-refractivity contribution in [2.24, 2.45) is 16.0 Å². The minimum absolute atomic E-state index is 0.166. The van der Waals surface area contributed by atoms with Crippen molar-refractivity contribution in [2.45, 2.75) is 6.92 Å². The summed E-state index contributed by atoms with van der Waals surface area (Å²) in [5, 5.41) is 10.5. The average molecular weight is 404 g/mol. The molecule has 3 heterocycles. The SMILES string of the molecule is CC1=NN(c2ccc(Cl)cc2)C(=O)/C1=C\c1cnn2c1N=C1C=CC=CC1C2=O. The Morgan fingerprint density at radius 3 is 2.72 bits per heavy atom. The fourth-order valence-electron chi connectivity index (χ4n) is 3.43. The molecule has 29 heavy (non-hydrogen) atoms. The Balaban J connectivity index is 1.53. The highest BCUT2D eigenvalue weighted by atomic mass is 35.5. The first-order chi connectivity index (χ1) is 14.0. The number of amides is 1. The zero-order valence-electron chi connectivity index (χ0n) is 15.3. The molecule has 0 saturated heterocycles. The van der Waals surface area contributed by atoms with E-state index in [-0.39, 0.29) is 11.8 Å². The van der Waals surface area contributed by atoms with Crippen molar-refractivity contribution in [3.05, 3.63) is 70.9 Å². The maximum absolute atomic E-state index is 12.9. The summed E-state index contributed by atoms with van der Waals surface area (Å²) in [6.07, 6.45) is 10.5. The molecule has 2 aromatic rings. The maximum atomic E-state index is 12.9. The number of fused-ring (bicyclic) bond motifs is 2. The van der Waals surface area contributed by atoms with Crippen molar-refractivity contribution in [1.82, 2.24) is 9.78 Å². The summed E-state index contributed by atoms with van der Waals surface area (Å²) >= 11 is 5.93. The zero-order valence-corrected chi connectivity index (χ0v) is 16.0. The summed E-state index contributed by atoms with van der Waals surface area (Å²) in [4.78, 5) is 30.2. The van der Waals surface area contributed by atoms with Crippen molar-refractivity contribution in [3.63, 3.8) is 0 Å². The summed E-state index contributed by atoms with van der Waals surface area (Å²) < 4.78 is 1.28. The number of hydrogen-bond acceptors (Lipinski definition) is 5. The molecule has 142 valence electrons. The number of hydrazone groups is 1. The fraction of sp³-hybridized carbons (Fsp3) is 0.0952. The van der Waals surface area contributed by atoms with Crippen LogP contribution < -0.4 is 5.01 Å². The molecule has 7 nitrogen and oxygen atoms in total. The van der Waals surface area contributed by atoms with Gasteiger partial charge in [-0.2, -0.15) is 19.9 Å². The first-order valence-corrected chi connectivity index (χ1v) is 9.34. The van der Waals surface area contributed by atoms with Crippen LogP contribution in [0.1, 0.15) is 17.3 Å². The van der Waals surface area contributed by atoms with Crippen LogP contribution in [0.4, 0.5) is 11.5 Å². The van der Waals surface area contributed by atoms with Gasteiger partial charge in [0.15, 0.2) is 5.82 Å². The molecule has 5 rings (SSSR count). The number of benzene rings is 1. The van der Waals surface area contributed by atoms with Gasteiger partial charge in [0.2, 0.25) is 0 Å². The van der Waals surface area contributed by atoms with E-state index in [1.807, 2.05) is 18.2 Å². The lowest BCUT2D eigenvalue weighted by Gasteiger charge is -2.20. The van der Waals surface area contributed by atoms with E-state index in [9.17, 15) is 9.59 Å². The summed E-state index contributed by atoms with van der Waals surface area (Å²) in [7, 11) is 0. The van der Waals surface area contributed by atoms with Crippen molar-refractivity contribution in [1.29, 1.82) is 0 Å². The second-order valence-corrected chi connectivity index (χ2v) is 7.21. The van der Waals surface area contributed by atoms with Gasteiger partial charge in [-0.1, -0.05) is 29.8 Å². The van der Waals surface area contributed by atoms with Gasteiger partial charge in [0.05, 0.1) is 28.9 Å². The Morgan fingerprint density at radius 1 is 1.14 bits per heavy atom. The van der Waals surface area contributed by atoms with Gasteiger partial charge in [0.25, 0.3) is 11.8 Å². The van der Waals surface area contributed by atoms with Crippen LogP contribution in [0.15, 0.2) is 70.4 Å². The van der Waals surface area contributed by atoms with Crippen LogP contribution in [0.3, 0.4) is 0 Å². The van der Waals surface area contributed by atoms with E-state index in [0.717, 1.165) is 0 Å². The molecule has 8 heteroatoms. The van der Waals surface area contributed by atoms with E-state index in [2.05, 4.69) is 15.2 Å². The summed E-state index contributed by atoms with van der Waals surface area (Å²) in [6.45, 7) is 1.76. The third-order valence-corrected chi connectivity index (χ3v) is 5.17. The minimum atomic E-state index is -0.426. The summed E-state index contributed by atoms with van der Waals surface area (Å²) in [6, 6.07) is 6.87. The smallest absolute Gasteiger partial charge is 0.271 e. The number of nitrogens with zero attached hydrogens (tertiary/aromatic N) is 5. The molecular weight excluding hydrogens is 390 g/mol. The van der Waals surface area contributed by atoms with E-state index in [1.165, 1.54) is 9.69 Å². The largest absolute Gasteiger partial charge is 0.280 e. The molecule has 0 fully saturated rings. The molecule has 0 saturated carbocycles. The van der Waals surface area contributed by atoms with Crippen LogP contribution in [-0.2, 0) is 4.79 Å². The van der Waals surface area contributed by atoms with Crippen LogP contribution in [0, 0.1) is 5.92 Å². The topological polar surface area (TPSA) is 79.9 Å². The monoisotopic (exact) mass is 403 g/mol. The molecular formula is C21H14ClN5O2. The number of rotatable bonds is 2. The lowest BCUT2D eigenvalue weighted by molar-refractivity contribution is -0.114. The van der Waals surface area contributed by atoms with Gasteiger partial charge in [0.1, 0.15) is 5.92 Å². The first-order valence-electron chi connectivity index (χ1n) is 8.96. The normalized spacial score (nSPS) is 21.4. The minimum Gasteiger partial charge on any atom is -0.271 e. The standard InChI is InChI=1S/C21H14ClN5O2/c1-12-17(21(29)26(25-12)15-8-6-14(22)7-9-15)10-13-11-23-27-19(13)24-18-5-3-2-4-16(18)20(27)28/h2-11,16H,1H3/b17-10-. The summed E-state index contributed by atoms with van der Waals surface area (Å²) in [5.74, 6) is -0.442. The first kappa shape index (κ1) is 17.5. The second-order valence-electron chi connectivity index (χ2n) is 6.77. The van der Waals surface area contributed by atoms with Crippen molar-refractivity contribution >= 4 is 52.4 Å². The molecule has 1 amide bonds. The van der Waals surface area contributed by atoms with E-state index in [0.29, 0.717) is 39.1 Å². The second kappa shape index (κ2) is 6.49. The van der Waals surface area contributed by atoms with Gasteiger partial charge >= 0.3 is 0 Å². The molecule has 0 spiro atoms. The highest BCUT2D eigenvalue weighted by Gasteiger charge is 2.33. The van der Waals surface area contributed by atoms with Gasteiger partial charge in [-0.05, 0) is 43.3 Å². The van der Waals surface area contributed by atoms with Crippen molar-refractivity contribution < 1.29 is 9.59 Å². The quantitative estimate of drug-likeness (QED) is 0.715. The Bertz CT molecular complexity index is 1210. The lowest BCUT2D eigenvalue weighted by Crippen LogP contribution is -2.31. The highest BCUT2D eigenvalue weighted by molar-refractivity contribution is 6.33. The maximum Gasteiger partial charge on any atom is 0.280 e. The predicted octanol–water partition coefficient (Wildman–Crippen LogP) is 3.81. The number of aliphatic imine (C=N–C) groups is 1. The molecule has 0 N–H and O–H groups in total.